The van der Waals surface area contributed by atoms with Gasteiger partial charge in [-0.15, -0.1) is 0 Å². The van der Waals surface area contributed by atoms with Crippen LogP contribution >= 0.6 is 11.3 Å². The first-order valence-electron chi connectivity index (χ1n) is 6.73. The van der Waals surface area contributed by atoms with Crippen molar-refractivity contribution in [3.05, 3.63) is 56.8 Å². The van der Waals surface area contributed by atoms with Crippen molar-refractivity contribution in [2.75, 3.05) is 6.54 Å². The highest BCUT2D eigenvalue weighted by Crippen LogP contribution is 2.24. The van der Waals surface area contributed by atoms with E-state index in [9.17, 15) is 9.59 Å². The summed E-state index contributed by atoms with van der Waals surface area (Å²) in [6.07, 6.45) is 0.768. The van der Waals surface area contributed by atoms with Gasteiger partial charge in [-0.1, -0.05) is 6.07 Å². The lowest BCUT2D eigenvalue weighted by Gasteiger charge is -2.29. The average molecular weight is 301 g/mol. The molecule has 0 saturated carbocycles. The second-order valence-corrected chi connectivity index (χ2v) is 5.98. The van der Waals surface area contributed by atoms with Crippen molar-refractivity contribution in [3.63, 3.8) is 0 Å². The van der Waals surface area contributed by atoms with Crippen molar-refractivity contribution >= 4 is 23.2 Å². The van der Waals surface area contributed by atoms with E-state index in [1.165, 1.54) is 11.3 Å². The SMILES string of the molecule is Cc1cscc1C(=O)N1CCc2ccc(C(=O)O)cc2C1. The molecule has 0 atom stereocenters. The van der Waals surface area contributed by atoms with Gasteiger partial charge in [-0.25, -0.2) is 4.79 Å². The normalized spacial score (nSPS) is 13.9. The van der Waals surface area contributed by atoms with Crippen LogP contribution in [0.15, 0.2) is 29.0 Å². The molecule has 1 aromatic carbocycles. The first-order valence-corrected chi connectivity index (χ1v) is 7.67. The molecule has 0 saturated heterocycles. The highest BCUT2D eigenvalue weighted by molar-refractivity contribution is 7.08. The van der Waals surface area contributed by atoms with Crippen molar-refractivity contribution in [2.45, 2.75) is 19.9 Å². The summed E-state index contributed by atoms with van der Waals surface area (Å²) < 4.78 is 0. The molecule has 1 N–H and O–H groups in total. The number of carbonyl (C=O) groups is 2. The van der Waals surface area contributed by atoms with E-state index in [0.29, 0.717) is 13.1 Å². The fraction of sp³-hybridized carbons (Fsp3) is 0.250. The van der Waals surface area contributed by atoms with E-state index in [0.717, 1.165) is 28.7 Å². The molecule has 0 aliphatic carbocycles. The molecule has 0 fully saturated rings. The van der Waals surface area contributed by atoms with Crippen LogP contribution in [0.2, 0.25) is 0 Å². The van der Waals surface area contributed by atoms with Gasteiger partial charge >= 0.3 is 5.97 Å². The standard InChI is InChI=1S/C16H15NO3S/c1-10-8-21-9-14(10)15(18)17-5-4-11-2-3-12(16(19)20)6-13(11)7-17/h2-3,6,8-9H,4-5,7H2,1H3,(H,19,20). The topological polar surface area (TPSA) is 57.6 Å². The van der Waals surface area contributed by atoms with Gasteiger partial charge in [0, 0.05) is 18.5 Å². The van der Waals surface area contributed by atoms with Crippen molar-refractivity contribution in [1.82, 2.24) is 4.90 Å². The van der Waals surface area contributed by atoms with Crippen LogP contribution in [0.25, 0.3) is 0 Å². The Morgan fingerprint density at radius 2 is 2.05 bits per heavy atom. The maximum Gasteiger partial charge on any atom is 0.335 e. The molecule has 0 spiro atoms. The van der Waals surface area contributed by atoms with Crippen molar-refractivity contribution in [3.8, 4) is 0 Å². The number of amides is 1. The second-order valence-electron chi connectivity index (χ2n) is 5.23. The first-order chi connectivity index (χ1) is 10.1. The third kappa shape index (κ3) is 2.56. The van der Waals surface area contributed by atoms with Crippen LogP contribution in [0, 0.1) is 6.92 Å². The Hall–Kier alpha value is -2.14. The fourth-order valence-corrected chi connectivity index (χ4v) is 3.44. The molecule has 0 unspecified atom stereocenters. The van der Waals surface area contributed by atoms with Gasteiger partial charge in [-0.3, -0.25) is 4.79 Å². The summed E-state index contributed by atoms with van der Waals surface area (Å²) in [4.78, 5) is 25.4. The summed E-state index contributed by atoms with van der Waals surface area (Å²) in [6.45, 7) is 3.09. The highest BCUT2D eigenvalue weighted by atomic mass is 32.1. The molecule has 21 heavy (non-hydrogen) atoms. The number of hydrogen-bond donors (Lipinski definition) is 1. The molecule has 5 heteroatoms. The van der Waals surface area contributed by atoms with Crippen LogP contribution in [0.1, 0.15) is 37.4 Å². The van der Waals surface area contributed by atoms with Gasteiger partial charge in [-0.2, -0.15) is 11.3 Å². The summed E-state index contributed by atoms with van der Waals surface area (Å²) in [6, 6.07) is 5.16. The number of fused-ring (bicyclic) bond motifs is 1. The van der Waals surface area contributed by atoms with Crippen LogP contribution in [-0.2, 0) is 13.0 Å². The number of aryl methyl sites for hydroxylation is 1. The molecule has 2 aromatic rings. The number of carbonyl (C=O) groups excluding carboxylic acids is 1. The number of benzene rings is 1. The van der Waals surface area contributed by atoms with E-state index < -0.39 is 5.97 Å². The molecule has 3 rings (SSSR count). The number of carboxylic acid groups (broad SMARTS) is 1. The zero-order valence-corrected chi connectivity index (χ0v) is 12.4. The van der Waals surface area contributed by atoms with E-state index in [1.54, 1.807) is 17.0 Å². The lowest BCUT2D eigenvalue weighted by molar-refractivity contribution is 0.0696. The molecule has 0 bridgehead atoms. The summed E-state index contributed by atoms with van der Waals surface area (Å²) in [5.41, 5.74) is 4.08. The van der Waals surface area contributed by atoms with Crippen molar-refractivity contribution in [2.24, 2.45) is 0 Å². The molecule has 4 nitrogen and oxygen atoms in total. The lowest BCUT2D eigenvalue weighted by Crippen LogP contribution is -2.36. The Balaban J connectivity index is 1.87. The van der Waals surface area contributed by atoms with Crippen LogP contribution in [0.4, 0.5) is 0 Å². The molecule has 1 amide bonds. The van der Waals surface area contributed by atoms with Gasteiger partial charge in [-0.05, 0) is 47.5 Å². The number of thiophene rings is 1. The Morgan fingerprint density at radius 3 is 2.71 bits per heavy atom. The number of hydrogen-bond acceptors (Lipinski definition) is 3. The minimum absolute atomic E-state index is 0.0279. The van der Waals surface area contributed by atoms with E-state index in [4.69, 9.17) is 5.11 Å². The molecule has 0 radical (unpaired) electrons. The average Bonchev–Trinajstić information content (AvgIpc) is 2.91. The van der Waals surface area contributed by atoms with Crippen molar-refractivity contribution in [1.29, 1.82) is 0 Å². The third-order valence-corrected chi connectivity index (χ3v) is 4.70. The lowest BCUT2D eigenvalue weighted by atomic mass is 9.97. The minimum atomic E-state index is -0.935. The molecule has 2 heterocycles. The summed E-state index contributed by atoms with van der Waals surface area (Å²) in [5, 5.41) is 12.9. The van der Waals surface area contributed by atoms with Gasteiger partial charge in [0.15, 0.2) is 0 Å². The molecule has 1 aromatic heterocycles. The van der Waals surface area contributed by atoms with E-state index in [-0.39, 0.29) is 11.5 Å². The Morgan fingerprint density at radius 1 is 1.24 bits per heavy atom. The maximum absolute atomic E-state index is 12.5. The number of aromatic carboxylic acids is 1. The summed E-state index contributed by atoms with van der Waals surface area (Å²) in [7, 11) is 0. The van der Waals surface area contributed by atoms with Crippen LogP contribution in [0.5, 0.6) is 0 Å². The van der Waals surface area contributed by atoms with Crippen LogP contribution in [-0.4, -0.2) is 28.4 Å². The Bertz CT molecular complexity index is 720. The van der Waals surface area contributed by atoms with Crippen LogP contribution in [0.3, 0.4) is 0 Å². The predicted molar refractivity (Wildman–Crippen MR) is 80.9 cm³/mol. The zero-order chi connectivity index (χ0) is 15.0. The van der Waals surface area contributed by atoms with E-state index in [1.807, 2.05) is 23.8 Å². The molecule has 108 valence electrons. The monoisotopic (exact) mass is 301 g/mol. The number of carboxylic acids is 1. The van der Waals surface area contributed by atoms with Crippen molar-refractivity contribution < 1.29 is 14.7 Å². The third-order valence-electron chi connectivity index (χ3n) is 3.84. The van der Waals surface area contributed by atoms with Gasteiger partial charge in [0.2, 0.25) is 0 Å². The van der Waals surface area contributed by atoms with Gasteiger partial charge in [0.05, 0.1) is 11.1 Å². The second kappa shape index (κ2) is 5.33. The molecule has 1 aliphatic rings. The Labute approximate surface area is 126 Å². The van der Waals surface area contributed by atoms with Gasteiger partial charge in [0.1, 0.15) is 0 Å². The number of rotatable bonds is 2. The van der Waals surface area contributed by atoms with Gasteiger partial charge in [0.25, 0.3) is 5.91 Å². The summed E-state index contributed by atoms with van der Waals surface area (Å²) in [5.74, 6) is -0.907. The van der Waals surface area contributed by atoms with E-state index in [2.05, 4.69) is 0 Å². The highest BCUT2D eigenvalue weighted by Gasteiger charge is 2.23. The number of nitrogens with zero attached hydrogens (tertiary/aromatic N) is 1. The largest absolute Gasteiger partial charge is 0.478 e. The van der Waals surface area contributed by atoms with E-state index >= 15 is 0 Å². The fourth-order valence-electron chi connectivity index (χ4n) is 2.61. The summed E-state index contributed by atoms with van der Waals surface area (Å²) >= 11 is 1.53. The van der Waals surface area contributed by atoms with Crippen LogP contribution < -0.4 is 0 Å². The minimum Gasteiger partial charge on any atom is -0.478 e. The quantitative estimate of drug-likeness (QED) is 0.928. The zero-order valence-electron chi connectivity index (χ0n) is 11.6. The molecule has 1 aliphatic heterocycles. The van der Waals surface area contributed by atoms with Gasteiger partial charge < -0.3 is 10.0 Å². The predicted octanol–water partition coefficient (Wildman–Crippen LogP) is 2.95. The Kier molecular flexibility index (Phi) is 3.51. The molecular formula is C16H15NO3S. The maximum atomic E-state index is 12.5. The first kappa shape index (κ1) is 13.8. The molecular weight excluding hydrogens is 286 g/mol. The smallest absolute Gasteiger partial charge is 0.335 e.